The van der Waals surface area contributed by atoms with Crippen LogP contribution in [0, 0.1) is 12.7 Å². The van der Waals surface area contributed by atoms with Crippen LogP contribution in [-0.2, 0) is 0 Å². The fraction of sp³-hybridized carbons (Fsp3) is 0.133. The Bertz CT molecular complexity index is 664. The molecule has 0 aromatic heterocycles. The molecule has 0 heterocycles. The first kappa shape index (κ1) is 15.2. The predicted octanol–water partition coefficient (Wildman–Crippen LogP) is 4.90. The van der Waals surface area contributed by atoms with E-state index in [0.29, 0.717) is 15.8 Å². The third-order valence-corrected chi connectivity index (χ3v) is 4.43. The lowest BCUT2D eigenvalue weighted by atomic mass is 10.0. The minimum atomic E-state index is -0.567. The van der Waals surface area contributed by atoms with Gasteiger partial charge in [0.2, 0.25) is 5.78 Å². The predicted molar refractivity (Wildman–Crippen MR) is 83.0 cm³/mol. The molecule has 0 bridgehead atoms. The van der Waals surface area contributed by atoms with Crippen LogP contribution in [0.4, 0.5) is 4.39 Å². The van der Waals surface area contributed by atoms with Gasteiger partial charge in [-0.3, -0.25) is 4.79 Å². The largest absolute Gasteiger partial charge is 0.496 e. The highest BCUT2D eigenvalue weighted by Crippen LogP contribution is 2.31. The average molecular weight is 402 g/mol. The van der Waals surface area contributed by atoms with Crippen molar-refractivity contribution < 1.29 is 13.9 Å². The number of rotatable bonds is 3. The lowest BCUT2D eigenvalue weighted by molar-refractivity contribution is 0.103. The SMILES string of the molecule is COc1cc(C)c(Br)cc1C(=O)c1c(F)cccc1Br. The molecule has 2 aromatic rings. The molecule has 0 atom stereocenters. The molecule has 0 fully saturated rings. The molecule has 0 saturated carbocycles. The normalized spacial score (nSPS) is 10.4. The fourth-order valence-corrected chi connectivity index (χ4v) is 2.72. The maximum atomic E-state index is 13.9. The second-order valence-electron chi connectivity index (χ2n) is 4.23. The van der Waals surface area contributed by atoms with E-state index in [1.807, 2.05) is 6.92 Å². The highest BCUT2D eigenvalue weighted by molar-refractivity contribution is 9.10. The Balaban J connectivity index is 2.62. The monoisotopic (exact) mass is 400 g/mol. The molecule has 0 aliphatic heterocycles. The van der Waals surface area contributed by atoms with Gasteiger partial charge in [0.25, 0.3) is 0 Å². The number of aryl methyl sites for hydroxylation is 1. The zero-order valence-corrected chi connectivity index (χ0v) is 14.0. The minimum Gasteiger partial charge on any atom is -0.496 e. The van der Waals surface area contributed by atoms with Crippen molar-refractivity contribution in [2.75, 3.05) is 7.11 Å². The number of methoxy groups -OCH3 is 1. The van der Waals surface area contributed by atoms with E-state index >= 15 is 0 Å². The summed E-state index contributed by atoms with van der Waals surface area (Å²) in [6.07, 6.45) is 0. The van der Waals surface area contributed by atoms with E-state index in [9.17, 15) is 9.18 Å². The molecule has 0 saturated heterocycles. The van der Waals surface area contributed by atoms with Crippen molar-refractivity contribution in [2.24, 2.45) is 0 Å². The van der Waals surface area contributed by atoms with Crippen molar-refractivity contribution in [3.8, 4) is 5.75 Å². The molecule has 2 rings (SSSR count). The van der Waals surface area contributed by atoms with E-state index in [1.165, 1.54) is 13.2 Å². The molecule has 0 aliphatic rings. The first-order chi connectivity index (χ1) is 9.45. The lowest BCUT2D eigenvalue weighted by Gasteiger charge is -2.11. The van der Waals surface area contributed by atoms with Gasteiger partial charge in [-0.15, -0.1) is 0 Å². The van der Waals surface area contributed by atoms with Crippen LogP contribution in [-0.4, -0.2) is 12.9 Å². The second kappa shape index (κ2) is 6.06. The second-order valence-corrected chi connectivity index (χ2v) is 5.94. The van der Waals surface area contributed by atoms with E-state index in [4.69, 9.17) is 4.74 Å². The number of halogens is 3. The van der Waals surface area contributed by atoms with Gasteiger partial charge in [0.15, 0.2) is 0 Å². The van der Waals surface area contributed by atoms with Crippen LogP contribution < -0.4 is 4.74 Å². The van der Waals surface area contributed by atoms with Crippen molar-refractivity contribution in [1.82, 2.24) is 0 Å². The number of ether oxygens (including phenoxy) is 1. The minimum absolute atomic E-state index is 0.00144. The number of ketones is 1. The van der Waals surface area contributed by atoms with Crippen molar-refractivity contribution in [3.05, 3.63) is 61.8 Å². The van der Waals surface area contributed by atoms with Crippen molar-refractivity contribution in [1.29, 1.82) is 0 Å². The van der Waals surface area contributed by atoms with Gasteiger partial charge in [-0.2, -0.15) is 0 Å². The van der Waals surface area contributed by atoms with Gasteiger partial charge in [0.1, 0.15) is 11.6 Å². The van der Waals surface area contributed by atoms with E-state index in [0.717, 1.165) is 10.0 Å². The standard InChI is InChI=1S/C15H11Br2FO2/c1-8-6-13(20-2)9(7-11(8)17)15(19)14-10(16)4-3-5-12(14)18/h3-7H,1-2H3. The quantitative estimate of drug-likeness (QED) is 0.683. The zero-order valence-electron chi connectivity index (χ0n) is 10.8. The Labute approximate surface area is 133 Å². The lowest BCUT2D eigenvalue weighted by Crippen LogP contribution is -2.08. The van der Waals surface area contributed by atoms with Crippen LogP contribution in [0.3, 0.4) is 0 Å². The molecule has 0 unspecified atom stereocenters. The molecule has 2 nitrogen and oxygen atoms in total. The van der Waals surface area contributed by atoms with E-state index in [-0.39, 0.29) is 5.56 Å². The van der Waals surface area contributed by atoms with E-state index in [2.05, 4.69) is 31.9 Å². The topological polar surface area (TPSA) is 26.3 Å². The molecule has 0 amide bonds. The van der Waals surface area contributed by atoms with Crippen LogP contribution in [0.2, 0.25) is 0 Å². The van der Waals surface area contributed by atoms with Crippen LogP contribution in [0.15, 0.2) is 39.3 Å². The molecule has 0 radical (unpaired) electrons. The Morgan fingerprint density at radius 1 is 1.20 bits per heavy atom. The summed E-state index contributed by atoms with van der Waals surface area (Å²) in [7, 11) is 1.48. The molecule has 5 heteroatoms. The van der Waals surface area contributed by atoms with Crippen LogP contribution in [0.25, 0.3) is 0 Å². The van der Waals surface area contributed by atoms with Gasteiger partial charge in [-0.05, 0) is 52.7 Å². The first-order valence-electron chi connectivity index (χ1n) is 5.78. The van der Waals surface area contributed by atoms with Crippen LogP contribution >= 0.6 is 31.9 Å². The summed E-state index contributed by atoms with van der Waals surface area (Å²) < 4.78 is 20.3. The Morgan fingerprint density at radius 3 is 2.50 bits per heavy atom. The fourth-order valence-electron chi connectivity index (χ4n) is 1.85. The van der Waals surface area contributed by atoms with Crippen molar-refractivity contribution in [2.45, 2.75) is 6.92 Å². The van der Waals surface area contributed by atoms with Gasteiger partial charge in [0.05, 0.1) is 18.2 Å². The molecule has 2 aromatic carbocycles. The maximum absolute atomic E-state index is 13.9. The Hall–Kier alpha value is -1.20. The van der Waals surface area contributed by atoms with Gasteiger partial charge in [0, 0.05) is 8.95 Å². The molecule has 0 aliphatic carbocycles. The molecular weight excluding hydrogens is 391 g/mol. The van der Waals surface area contributed by atoms with Gasteiger partial charge < -0.3 is 4.74 Å². The third-order valence-electron chi connectivity index (χ3n) is 2.92. The average Bonchev–Trinajstić information content (AvgIpc) is 2.41. The summed E-state index contributed by atoms with van der Waals surface area (Å²) in [6, 6.07) is 7.82. The molecular formula is C15H11Br2FO2. The van der Waals surface area contributed by atoms with Gasteiger partial charge >= 0.3 is 0 Å². The summed E-state index contributed by atoms with van der Waals surface area (Å²) in [5, 5.41) is 0. The number of hydrogen-bond acceptors (Lipinski definition) is 2. The van der Waals surface area contributed by atoms with Crippen molar-refractivity contribution >= 4 is 37.6 Å². The van der Waals surface area contributed by atoms with Crippen molar-refractivity contribution in [3.63, 3.8) is 0 Å². The highest BCUT2D eigenvalue weighted by atomic mass is 79.9. The first-order valence-corrected chi connectivity index (χ1v) is 7.37. The summed E-state index contributed by atoms with van der Waals surface area (Å²) >= 11 is 6.59. The Morgan fingerprint density at radius 2 is 1.90 bits per heavy atom. The number of carbonyl (C=O) groups excluding carboxylic acids is 1. The summed E-state index contributed by atoms with van der Waals surface area (Å²) in [5.41, 5.74) is 1.25. The third kappa shape index (κ3) is 2.79. The Kier molecular flexibility index (Phi) is 4.60. The van der Waals surface area contributed by atoms with Gasteiger partial charge in [-0.25, -0.2) is 4.39 Å². The molecule has 104 valence electrons. The molecule has 0 N–H and O–H groups in total. The summed E-state index contributed by atoms with van der Waals surface area (Å²) in [4.78, 5) is 12.6. The highest BCUT2D eigenvalue weighted by Gasteiger charge is 2.21. The zero-order chi connectivity index (χ0) is 14.9. The molecule has 20 heavy (non-hydrogen) atoms. The summed E-state index contributed by atoms with van der Waals surface area (Å²) in [5.74, 6) is -0.568. The van der Waals surface area contributed by atoms with Gasteiger partial charge in [-0.1, -0.05) is 22.0 Å². The maximum Gasteiger partial charge on any atom is 0.200 e. The number of hydrogen-bond donors (Lipinski definition) is 0. The van der Waals surface area contributed by atoms with Crippen LogP contribution in [0.1, 0.15) is 21.5 Å². The number of benzene rings is 2. The van der Waals surface area contributed by atoms with E-state index in [1.54, 1.807) is 24.3 Å². The van der Waals surface area contributed by atoms with E-state index < -0.39 is 11.6 Å². The smallest absolute Gasteiger partial charge is 0.200 e. The van der Waals surface area contributed by atoms with Crippen LogP contribution in [0.5, 0.6) is 5.75 Å². The number of carbonyl (C=O) groups is 1. The molecule has 0 spiro atoms. The summed E-state index contributed by atoms with van der Waals surface area (Å²) in [6.45, 7) is 1.89.